The number of hydrogen-bond donors (Lipinski definition) is 1. The van der Waals surface area contributed by atoms with Crippen LogP contribution in [0.25, 0.3) is 0 Å². The van der Waals surface area contributed by atoms with Crippen molar-refractivity contribution in [2.24, 2.45) is 11.3 Å². The fraction of sp³-hybridized carbons (Fsp3) is 0.688. The number of rotatable bonds is 7. The molecule has 2 rings (SSSR count). The first-order valence-corrected chi connectivity index (χ1v) is 13.3. The van der Waals surface area contributed by atoms with Crippen LogP contribution in [-0.4, -0.2) is 55.0 Å². The fourth-order valence-electron chi connectivity index (χ4n) is 3.22. The topological polar surface area (TPSA) is 93.1 Å². The van der Waals surface area contributed by atoms with Gasteiger partial charge in [0.25, 0.3) is 6.47 Å². The monoisotopic (exact) mass is 419 g/mol. The number of aliphatic carboxylic acids is 1. The number of hydrogen-bond acceptors (Lipinski definition) is 7. The summed E-state index contributed by atoms with van der Waals surface area (Å²) in [5.74, 6) is -1.88. The van der Waals surface area contributed by atoms with Crippen molar-refractivity contribution in [1.29, 1.82) is 0 Å². The maximum Gasteiger partial charge on any atom is 0.353 e. The number of carboxylic acid groups (broad SMARTS) is 1. The standard InChI is InChI=1S/C16H25NO6S2Si/c1-15(2,3)16(4,23-26(5)6)10-12(19)17-11(14(20)21)9(7-22-8-18)24-25-13(10)17/h8,10,13,26H,7H2,1-6H3,(H,20,21)/t10-,13+,16?/m0/s1. The molecule has 2 aliphatic heterocycles. The Morgan fingerprint density at radius 3 is 2.42 bits per heavy atom. The van der Waals surface area contributed by atoms with Crippen LogP contribution < -0.4 is 0 Å². The molecule has 1 N–H and O–H groups in total. The molecule has 3 atom stereocenters. The van der Waals surface area contributed by atoms with Crippen LogP contribution in [0.5, 0.6) is 0 Å². The number of carbonyl (C=O) groups is 3. The third kappa shape index (κ3) is 3.56. The lowest BCUT2D eigenvalue weighted by molar-refractivity contribution is -0.174. The van der Waals surface area contributed by atoms with Gasteiger partial charge >= 0.3 is 5.97 Å². The van der Waals surface area contributed by atoms with Crippen molar-refractivity contribution >= 4 is 49.0 Å². The summed E-state index contributed by atoms with van der Waals surface area (Å²) in [6.07, 6.45) is 0. The van der Waals surface area contributed by atoms with E-state index in [0.29, 0.717) is 4.91 Å². The van der Waals surface area contributed by atoms with Gasteiger partial charge in [0.1, 0.15) is 17.7 Å². The first-order valence-electron chi connectivity index (χ1n) is 8.31. The van der Waals surface area contributed by atoms with Gasteiger partial charge in [-0.2, -0.15) is 0 Å². The molecule has 1 saturated heterocycles. The predicted molar refractivity (Wildman–Crippen MR) is 104 cm³/mol. The quantitative estimate of drug-likeness (QED) is 0.291. The van der Waals surface area contributed by atoms with Crippen LogP contribution in [-0.2, 0) is 23.5 Å². The third-order valence-corrected chi connectivity index (χ3v) is 8.58. The Bertz CT molecular complexity index is 647. The molecule has 0 aromatic carbocycles. The second-order valence-electron chi connectivity index (χ2n) is 7.76. The van der Waals surface area contributed by atoms with Crippen LogP contribution in [0, 0.1) is 11.3 Å². The van der Waals surface area contributed by atoms with Gasteiger partial charge in [0.15, 0.2) is 9.04 Å². The normalized spacial score (nSPS) is 25.5. The summed E-state index contributed by atoms with van der Waals surface area (Å²) in [6, 6.07) is 0. The molecule has 1 amide bonds. The second kappa shape index (κ2) is 7.57. The van der Waals surface area contributed by atoms with Gasteiger partial charge in [0.05, 0.1) is 16.4 Å². The molecule has 0 saturated carbocycles. The number of fused-ring (bicyclic) bond motifs is 1. The number of ether oxygens (including phenoxy) is 1. The maximum atomic E-state index is 13.0. The van der Waals surface area contributed by atoms with E-state index in [0.717, 1.165) is 0 Å². The Labute approximate surface area is 163 Å². The van der Waals surface area contributed by atoms with Gasteiger partial charge < -0.3 is 14.3 Å². The maximum absolute atomic E-state index is 13.0. The number of β-lactam (4-membered cyclic amide) rings is 1. The number of nitrogens with zero attached hydrogens (tertiary/aromatic N) is 1. The smallest absolute Gasteiger partial charge is 0.353 e. The van der Waals surface area contributed by atoms with Gasteiger partial charge in [0.2, 0.25) is 5.91 Å². The van der Waals surface area contributed by atoms with Crippen LogP contribution in [0.2, 0.25) is 13.1 Å². The van der Waals surface area contributed by atoms with Crippen LogP contribution >= 0.6 is 21.6 Å². The van der Waals surface area contributed by atoms with Crippen LogP contribution in [0.4, 0.5) is 0 Å². The summed E-state index contributed by atoms with van der Waals surface area (Å²) in [5, 5.41) is 9.28. The van der Waals surface area contributed by atoms with Crippen molar-refractivity contribution in [2.45, 2.75) is 51.8 Å². The zero-order chi connectivity index (χ0) is 19.9. The first kappa shape index (κ1) is 21.3. The number of amides is 1. The minimum absolute atomic E-state index is 0.0973. The molecule has 146 valence electrons. The summed E-state index contributed by atoms with van der Waals surface area (Å²) < 4.78 is 11.1. The molecule has 1 fully saturated rings. The van der Waals surface area contributed by atoms with Crippen LogP contribution in [0.3, 0.4) is 0 Å². The SMILES string of the molecule is C[SiH](C)OC(C)([C@H]1C(=O)N2C(C(=O)O)=C(COC=O)SS[C@H]12)C(C)(C)C. The van der Waals surface area contributed by atoms with Crippen molar-refractivity contribution in [3.8, 4) is 0 Å². The van der Waals surface area contributed by atoms with E-state index in [4.69, 9.17) is 9.16 Å². The summed E-state index contributed by atoms with van der Waals surface area (Å²) in [4.78, 5) is 36.9. The summed E-state index contributed by atoms with van der Waals surface area (Å²) in [5.41, 5.74) is -1.09. The zero-order valence-electron chi connectivity index (χ0n) is 15.8. The van der Waals surface area contributed by atoms with E-state index in [1.807, 2.05) is 27.7 Å². The lowest BCUT2D eigenvalue weighted by Crippen LogP contribution is -2.71. The lowest BCUT2D eigenvalue weighted by Gasteiger charge is -2.59. The van der Waals surface area contributed by atoms with Crippen molar-refractivity contribution in [1.82, 2.24) is 4.90 Å². The van der Waals surface area contributed by atoms with Gasteiger partial charge in [-0.05, 0) is 25.4 Å². The molecule has 0 radical (unpaired) electrons. The van der Waals surface area contributed by atoms with Gasteiger partial charge in [-0.15, -0.1) is 0 Å². The zero-order valence-corrected chi connectivity index (χ0v) is 18.6. The largest absolute Gasteiger partial charge is 0.477 e. The molecule has 26 heavy (non-hydrogen) atoms. The van der Waals surface area contributed by atoms with E-state index in [9.17, 15) is 19.5 Å². The summed E-state index contributed by atoms with van der Waals surface area (Å²) >= 11 is 0. The minimum Gasteiger partial charge on any atom is -0.477 e. The molecule has 0 aromatic heterocycles. The minimum atomic E-state index is -1.45. The number of carbonyl (C=O) groups excluding carboxylic acids is 2. The third-order valence-electron chi connectivity index (χ3n) is 4.84. The fourth-order valence-corrected chi connectivity index (χ4v) is 7.69. The molecule has 0 aliphatic carbocycles. The van der Waals surface area contributed by atoms with E-state index in [1.54, 1.807) is 0 Å². The Hall–Kier alpha value is -0.973. The van der Waals surface area contributed by atoms with Crippen LogP contribution in [0.15, 0.2) is 10.6 Å². The highest BCUT2D eigenvalue weighted by atomic mass is 33.1. The van der Waals surface area contributed by atoms with Gasteiger partial charge in [-0.3, -0.25) is 14.5 Å². The van der Waals surface area contributed by atoms with E-state index in [-0.39, 0.29) is 35.5 Å². The van der Waals surface area contributed by atoms with E-state index >= 15 is 0 Å². The van der Waals surface area contributed by atoms with E-state index in [2.05, 4.69) is 13.1 Å². The van der Waals surface area contributed by atoms with Crippen molar-refractivity contribution in [3.05, 3.63) is 10.6 Å². The molecule has 2 aliphatic rings. The molecule has 1 unspecified atom stereocenters. The van der Waals surface area contributed by atoms with Crippen LogP contribution in [0.1, 0.15) is 27.7 Å². The molecule has 2 heterocycles. The van der Waals surface area contributed by atoms with Crippen molar-refractivity contribution < 1.29 is 28.7 Å². The molecule has 10 heteroatoms. The highest BCUT2D eigenvalue weighted by Gasteiger charge is 2.64. The lowest BCUT2D eigenvalue weighted by atomic mass is 9.66. The molecular weight excluding hydrogens is 394 g/mol. The average Bonchev–Trinajstić information content (AvgIpc) is 2.50. The summed E-state index contributed by atoms with van der Waals surface area (Å²) in [6.45, 7) is 12.3. The highest BCUT2D eigenvalue weighted by Crippen LogP contribution is 2.58. The Balaban J connectivity index is 2.40. The second-order valence-corrected chi connectivity index (χ2v) is 12.5. The molecule has 0 bridgehead atoms. The average molecular weight is 420 g/mol. The van der Waals surface area contributed by atoms with Gasteiger partial charge in [-0.25, -0.2) is 4.79 Å². The van der Waals surface area contributed by atoms with Crippen molar-refractivity contribution in [3.63, 3.8) is 0 Å². The van der Waals surface area contributed by atoms with Gasteiger partial charge in [-0.1, -0.05) is 42.4 Å². The van der Waals surface area contributed by atoms with Gasteiger partial charge in [0, 0.05) is 0 Å². The molecule has 0 aromatic rings. The Morgan fingerprint density at radius 2 is 1.96 bits per heavy atom. The number of carboxylic acids is 1. The Kier molecular flexibility index (Phi) is 6.21. The van der Waals surface area contributed by atoms with E-state index in [1.165, 1.54) is 26.5 Å². The highest BCUT2D eigenvalue weighted by molar-refractivity contribution is 8.78. The molecular formula is C16H25NO6S2Si. The van der Waals surface area contributed by atoms with E-state index < -0.39 is 26.5 Å². The molecule has 7 nitrogen and oxygen atoms in total. The predicted octanol–water partition coefficient (Wildman–Crippen LogP) is 2.44. The Morgan fingerprint density at radius 1 is 1.35 bits per heavy atom. The first-order chi connectivity index (χ1) is 12.0. The molecule has 0 spiro atoms. The van der Waals surface area contributed by atoms with Crippen molar-refractivity contribution in [2.75, 3.05) is 6.61 Å². The summed E-state index contributed by atoms with van der Waals surface area (Å²) in [7, 11) is 1.22.